The number of carbonyl (C=O) groups excluding carboxylic acids is 2. The Morgan fingerprint density at radius 3 is 2.77 bits per heavy atom. The van der Waals surface area contributed by atoms with Gasteiger partial charge < -0.3 is 10.6 Å². The fourth-order valence-electron chi connectivity index (χ4n) is 2.28. The summed E-state index contributed by atoms with van der Waals surface area (Å²) in [4.78, 5) is 33.1. The van der Waals surface area contributed by atoms with E-state index in [9.17, 15) is 9.59 Å². The van der Waals surface area contributed by atoms with Crippen molar-refractivity contribution in [1.29, 1.82) is 0 Å². The standard InChI is InChI=1S/C19H16N4O2S/c1-4-19(2,3)23-18(25)15-10-12(8-9-20-15)22-17(24)13-6-5-7-14-16(13)26-11-21-14/h1,5-11H,2-3H3,(H,23,25)(H,20,22,24). The molecule has 0 aliphatic heterocycles. The third-order valence-electron chi connectivity index (χ3n) is 3.64. The second-order valence-electron chi connectivity index (χ2n) is 6.11. The second-order valence-corrected chi connectivity index (χ2v) is 6.97. The zero-order chi connectivity index (χ0) is 18.7. The molecule has 1 aromatic carbocycles. The average molecular weight is 364 g/mol. The molecular weight excluding hydrogens is 348 g/mol. The van der Waals surface area contributed by atoms with Gasteiger partial charge in [-0.3, -0.25) is 14.6 Å². The highest BCUT2D eigenvalue weighted by atomic mass is 32.1. The number of nitrogens with one attached hydrogen (secondary N) is 2. The molecule has 0 saturated carbocycles. The molecule has 0 unspecified atom stereocenters. The summed E-state index contributed by atoms with van der Waals surface area (Å²) in [5.74, 6) is 1.81. The quantitative estimate of drug-likeness (QED) is 0.697. The summed E-state index contributed by atoms with van der Waals surface area (Å²) in [6.07, 6.45) is 6.84. The predicted octanol–water partition coefficient (Wildman–Crippen LogP) is 3.09. The van der Waals surface area contributed by atoms with Crippen molar-refractivity contribution in [2.24, 2.45) is 0 Å². The Labute approximate surface area is 154 Å². The van der Waals surface area contributed by atoms with Gasteiger partial charge in [-0.1, -0.05) is 12.0 Å². The maximum atomic E-state index is 12.6. The smallest absolute Gasteiger partial charge is 0.271 e. The number of thiazole rings is 1. The molecule has 0 atom stereocenters. The van der Waals surface area contributed by atoms with Gasteiger partial charge in [-0.05, 0) is 38.1 Å². The van der Waals surface area contributed by atoms with Crippen LogP contribution < -0.4 is 10.6 Å². The monoisotopic (exact) mass is 364 g/mol. The molecule has 2 amide bonds. The van der Waals surface area contributed by atoms with Gasteiger partial charge in [0.1, 0.15) is 5.69 Å². The topological polar surface area (TPSA) is 84.0 Å². The van der Waals surface area contributed by atoms with Gasteiger partial charge >= 0.3 is 0 Å². The summed E-state index contributed by atoms with van der Waals surface area (Å²) in [6.45, 7) is 3.43. The van der Waals surface area contributed by atoms with E-state index in [2.05, 4.69) is 26.5 Å². The molecule has 26 heavy (non-hydrogen) atoms. The number of aromatic nitrogens is 2. The van der Waals surface area contributed by atoms with Gasteiger partial charge in [0.2, 0.25) is 0 Å². The van der Waals surface area contributed by atoms with Gasteiger partial charge in [-0.15, -0.1) is 17.8 Å². The number of pyridine rings is 1. The molecule has 0 fully saturated rings. The zero-order valence-corrected chi connectivity index (χ0v) is 15.1. The van der Waals surface area contributed by atoms with E-state index in [0.29, 0.717) is 11.3 Å². The number of rotatable bonds is 4. The molecule has 2 aromatic heterocycles. The van der Waals surface area contributed by atoms with E-state index in [1.807, 2.05) is 6.07 Å². The highest BCUT2D eigenvalue weighted by molar-refractivity contribution is 7.17. The van der Waals surface area contributed by atoms with E-state index in [-0.39, 0.29) is 11.6 Å². The van der Waals surface area contributed by atoms with E-state index in [0.717, 1.165) is 10.2 Å². The maximum Gasteiger partial charge on any atom is 0.271 e. The number of amides is 2. The molecule has 2 heterocycles. The van der Waals surface area contributed by atoms with Gasteiger partial charge in [0.25, 0.3) is 11.8 Å². The van der Waals surface area contributed by atoms with Crippen molar-refractivity contribution in [3.8, 4) is 12.3 Å². The van der Waals surface area contributed by atoms with Crippen LogP contribution in [0.25, 0.3) is 10.2 Å². The first-order valence-electron chi connectivity index (χ1n) is 7.79. The molecular formula is C19H16N4O2S. The molecule has 0 radical (unpaired) electrons. The van der Waals surface area contributed by atoms with E-state index >= 15 is 0 Å². The number of benzene rings is 1. The van der Waals surface area contributed by atoms with Crippen molar-refractivity contribution in [2.45, 2.75) is 19.4 Å². The van der Waals surface area contributed by atoms with Crippen LogP contribution >= 0.6 is 11.3 Å². The van der Waals surface area contributed by atoms with Crippen LogP contribution in [0.4, 0.5) is 5.69 Å². The average Bonchev–Trinajstić information content (AvgIpc) is 3.10. The summed E-state index contributed by atoms with van der Waals surface area (Å²) in [6, 6.07) is 8.50. The summed E-state index contributed by atoms with van der Waals surface area (Å²) in [5, 5.41) is 5.49. The molecule has 0 aliphatic carbocycles. The van der Waals surface area contributed by atoms with Crippen LogP contribution in [0, 0.1) is 12.3 Å². The lowest BCUT2D eigenvalue weighted by Gasteiger charge is -2.19. The van der Waals surface area contributed by atoms with E-state index in [1.54, 1.807) is 37.6 Å². The number of nitrogens with zero attached hydrogens (tertiary/aromatic N) is 2. The van der Waals surface area contributed by atoms with Crippen LogP contribution in [0.5, 0.6) is 0 Å². The van der Waals surface area contributed by atoms with Crippen LogP contribution in [0.1, 0.15) is 34.7 Å². The Bertz CT molecular complexity index is 1030. The molecule has 0 aliphatic rings. The van der Waals surface area contributed by atoms with Crippen LogP contribution in [-0.4, -0.2) is 27.3 Å². The second kappa shape index (κ2) is 6.94. The van der Waals surface area contributed by atoms with Crippen molar-refractivity contribution in [3.05, 3.63) is 53.3 Å². The number of hydrogen-bond donors (Lipinski definition) is 2. The summed E-state index contributed by atoms with van der Waals surface area (Å²) < 4.78 is 0.813. The van der Waals surface area contributed by atoms with Crippen molar-refractivity contribution in [3.63, 3.8) is 0 Å². The lowest BCUT2D eigenvalue weighted by Crippen LogP contribution is -2.42. The summed E-state index contributed by atoms with van der Waals surface area (Å²) in [5.41, 5.74) is 2.84. The third kappa shape index (κ3) is 3.71. The summed E-state index contributed by atoms with van der Waals surface area (Å²) >= 11 is 1.40. The van der Waals surface area contributed by atoms with Crippen LogP contribution in [0.2, 0.25) is 0 Å². The van der Waals surface area contributed by atoms with Crippen molar-refractivity contribution in [2.75, 3.05) is 5.32 Å². The molecule has 2 N–H and O–H groups in total. The van der Waals surface area contributed by atoms with Gasteiger partial charge in [0.15, 0.2) is 0 Å². The number of fused-ring (bicyclic) bond motifs is 1. The Morgan fingerprint density at radius 1 is 1.19 bits per heavy atom. The molecule has 6 nitrogen and oxygen atoms in total. The van der Waals surface area contributed by atoms with Crippen molar-refractivity contribution < 1.29 is 9.59 Å². The maximum absolute atomic E-state index is 12.6. The number of terminal acetylenes is 1. The van der Waals surface area contributed by atoms with Gasteiger partial charge in [0, 0.05) is 11.9 Å². The van der Waals surface area contributed by atoms with Crippen LogP contribution in [-0.2, 0) is 0 Å². The van der Waals surface area contributed by atoms with Crippen molar-refractivity contribution in [1.82, 2.24) is 15.3 Å². The highest BCUT2D eigenvalue weighted by Crippen LogP contribution is 2.23. The first-order chi connectivity index (χ1) is 12.4. The Morgan fingerprint density at radius 2 is 2.00 bits per heavy atom. The Balaban J connectivity index is 1.81. The minimum atomic E-state index is -0.792. The molecule has 3 aromatic rings. The minimum absolute atomic E-state index is 0.169. The fourth-order valence-corrected chi connectivity index (χ4v) is 3.08. The normalized spacial score (nSPS) is 11.0. The van der Waals surface area contributed by atoms with Crippen LogP contribution in [0.3, 0.4) is 0 Å². The SMILES string of the molecule is C#CC(C)(C)NC(=O)c1cc(NC(=O)c2cccc3ncsc23)ccn1. The number of anilines is 1. The van der Waals surface area contributed by atoms with Gasteiger partial charge in [0.05, 0.1) is 26.8 Å². The first-order valence-corrected chi connectivity index (χ1v) is 8.67. The lowest BCUT2D eigenvalue weighted by molar-refractivity contribution is 0.0923. The van der Waals surface area contributed by atoms with E-state index in [4.69, 9.17) is 6.42 Å². The molecule has 0 bridgehead atoms. The number of hydrogen-bond acceptors (Lipinski definition) is 5. The largest absolute Gasteiger partial charge is 0.335 e. The Hall–Kier alpha value is -3.24. The number of carbonyl (C=O) groups is 2. The fraction of sp³-hybridized carbons (Fsp3) is 0.158. The van der Waals surface area contributed by atoms with Crippen LogP contribution in [0.15, 0.2) is 42.0 Å². The lowest BCUT2D eigenvalue weighted by atomic mass is 10.1. The molecule has 3 rings (SSSR count). The summed E-state index contributed by atoms with van der Waals surface area (Å²) in [7, 11) is 0. The molecule has 7 heteroatoms. The van der Waals surface area contributed by atoms with E-state index < -0.39 is 11.4 Å². The predicted molar refractivity (Wildman–Crippen MR) is 102 cm³/mol. The third-order valence-corrected chi connectivity index (χ3v) is 4.51. The van der Waals surface area contributed by atoms with Gasteiger partial charge in [-0.25, -0.2) is 4.98 Å². The molecule has 0 saturated heterocycles. The van der Waals surface area contributed by atoms with Gasteiger partial charge in [-0.2, -0.15) is 0 Å². The molecule has 130 valence electrons. The highest BCUT2D eigenvalue weighted by Gasteiger charge is 2.19. The zero-order valence-electron chi connectivity index (χ0n) is 14.2. The molecule has 0 spiro atoms. The van der Waals surface area contributed by atoms with E-state index in [1.165, 1.54) is 23.6 Å². The first kappa shape index (κ1) is 17.6. The Kier molecular flexibility index (Phi) is 4.69. The minimum Gasteiger partial charge on any atom is -0.335 e. The van der Waals surface area contributed by atoms with Crippen molar-refractivity contribution >= 4 is 39.1 Å².